The van der Waals surface area contributed by atoms with Gasteiger partial charge in [0.1, 0.15) is 0 Å². The highest BCUT2D eigenvalue weighted by atomic mass is 16.5. The molecular formula is C12H24O2. The summed E-state index contributed by atoms with van der Waals surface area (Å²) in [5.41, 5.74) is -0.811. The molecule has 0 fully saturated rings. The Kier molecular flexibility index (Phi) is 5.38. The van der Waals surface area contributed by atoms with E-state index in [1.807, 2.05) is 6.92 Å². The quantitative estimate of drug-likeness (QED) is 0.640. The van der Waals surface area contributed by atoms with Crippen molar-refractivity contribution in [2.45, 2.75) is 58.2 Å². The van der Waals surface area contributed by atoms with Gasteiger partial charge in [-0.25, -0.2) is 0 Å². The Hall–Kier alpha value is -0.340. The highest BCUT2D eigenvalue weighted by molar-refractivity contribution is 4.91. The topological polar surface area (TPSA) is 29.5 Å². The number of hydrogen-bond acceptors (Lipinski definition) is 2. The molecule has 0 aromatic carbocycles. The van der Waals surface area contributed by atoms with E-state index in [2.05, 4.69) is 20.4 Å². The van der Waals surface area contributed by atoms with Crippen molar-refractivity contribution < 1.29 is 9.84 Å². The van der Waals surface area contributed by atoms with E-state index in [1.54, 1.807) is 13.0 Å². The fraction of sp³-hybridized carbons (Fsp3) is 0.833. The molecule has 1 atom stereocenters. The van der Waals surface area contributed by atoms with Crippen LogP contribution in [0.5, 0.6) is 0 Å². The molecule has 0 heterocycles. The number of hydrogen-bond donors (Lipinski definition) is 1. The highest BCUT2D eigenvalue weighted by Crippen LogP contribution is 2.21. The third kappa shape index (κ3) is 6.17. The van der Waals surface area contributed by atoms with Gasteiger partial charge in [0.05, 0.1) is 11.2 Å². The summed E-state index contributed by atoms with van der Waals surface area (Å²) in [5.74, 6) is 0. The van der Waals surface area contributed by atoms with Crippen LogP contribution in [0.2, 0.25) is 0 Å². The summed E-state index contributed by atoms with van der Waals surface area (Å²) in [6.07, 6.45) is 4.25. The molecule has 2 nitrogen and oxygen atoms in total. The minimum Gasteiger partial charge on any atom is -0.386 e. The molecule has 1 N–H and O–H groups in total. The smallest absolute Gasteiger partial charge is 0.0797 e. The van der Waals surface area contributed by atoms with E-state index in [9.17, 15) is 5.11 Å². The Morgan fingerprint density at radius 1 is 1.29 bits per heavy atom. The first-order valence-electron chi connectivity index (χ1n) is 5.33. The Labute approximate surface area is 88.0 Å². The first-order chi connectivity index (χ1) is 6.33. The second-order valence-electron chi connectivity index (χ2n) is 4.61. The van der Waals surface area contributed by atoms with Crippen LogP contribution in [-0.2, 0) is 4.74 Å². The average molecular weight is 200 g/mol. The number of rotatable bonds is 7. The maximum absolute atomic E-state index is 9.69. The second-order valence-corrected chi connectivity index (χ2v) is 4.61. The van der Waals surface area contributed by atoms with Gasteiger partial charge in [0.2, 0.25) is 0 Å². The molecule has 0 aromatic rings. The fourth-order valence-corrected chi connectivity index (χ4v) is 1.44. The normalized spacial score (nSPS) is 16.4. The first kappa shape index (κ1) is 13.7. The van der Waals surface area contributed by atoms with Crippen LogP contribution < -0.4 is 0 Å². The van der Waals surface area contributed by atoms with Crippen LogP contribution in [0.1, 0.15) is 47.0 Å². The molecule has 0 aromatic heterocycles. The van der Waals surface area contributed by atoms with Gasteiger partial charge in [-0.3, -0.25) is 0 Å². The lowest BCUT2D eigenvalue weighted by atomic mass is 9.94. The van der Waals surface area contributed by atoms with Gasteiger partial charge >= 0.3 is 0 Å². The summed E-state index contributed by atoms with van der Waals surface area (Å²) in [4.78, 5) is 0. The van der Waals surface area contributed by atoms with Gasteiger partial charge in [-0.1, -0.05) is 6.08 Å². The summed E-state index contributed by atoms with van der Waals surface area (Å²) in [5, 5.41) is 9.69. The van der Waals surface area contributed by atoms with Crippen molar-refractivity contribution in [1.29, 1.82) is 0 Å². The summed E-state index contributed by atoms with van der Waals surface area (Å²) >= 11 is 0. The van der Waals surface area contributed by atoms with E-state index < -0.39 is 5.60 Å². The van der Waals surface area contributed by atoms with E-state index in [0.717, 1.165) is 25.9 Å². The Bertz CT molecular complexity index is 171. The van der Waals surface area contributed by atoms with Gasteiger partial charge in [-0.2, -0.15) is 0 Å². The van der Waals surface area contributed by atoms with Crippen molar-refractivity contribution in [1.82, 2.24) is 0 Å². The predicted molar refractivity (Wildman–Crippen MR) is 60.4 cm³/mol. The molecule has 0 saturated carbocycles. The van der Waals surface area contributed by atoms with Crippen LogP contribution in [-0.4, -0.2) is 22.9 Å². The highest BCUT2D eigenvalue weighted by Gasteiger charge is 2.20. The SMILES string of the molecule is C=CC(C)(O)CCCC(C)(C)OCC. The predicted octanol–water partition coefficient (Wildman–Crippen LogP) is 2.91. The monoisotopic (exact) mass is 200 g/mol. The minimum absolute atomic E-state index is 0.0774. The van der Waals surface area contributed by atoms with E-state index in [-0.39, 0.29) is 5.60 Å². The number of aliphatic hydroxyl groups is 1. The summed E-state index contributed by atoms with van der Waals surface area (Å²) < 4.78 is 5.57. The largest absolute Gasteiger partial charge is 0.386 e. The van der Waals surface area contributed by atoms with Crippen molar-refractivity contribution in [3.63, 3.8) is 0 Å². The molecule has 0 amide bonds. The summed E-state index contributed by atoms with van der Waals surface area (Å²) in [6, 6.07) is 0. The van der Waals surface area contributed by atoms with Gasteiger partial charge in [-0.15, -0.1) is 6.58 Å². The van der Waals surface area contributed by atoms with E-state index >= 15 is 0 Å². The molecule has 0 spiro atoms. The van der Waals surface area contributed by atoms with Crippen molar-refractivity contribution in [3.05, 3.63) is 12.7 Å². The molecule has 0 radical (unpaired) electrons. The zero-order chi connectivity index (χ0) is 11.2. The van der Waals surface area contributed by atoms with Crippen LogP contribution in [0.15, 0.2) is 12.7 Å². The average Bonchev–Trinajstić information content (AvgIpc) is 2.03. The molecule has 0 aliphatic rings. The Morgan fingerprint density at radius 2 is 1.86 bits per heavy atom. The van der Waals surface area contributed by atoms with Crippen LogP contribution in [0.3, 0.4) is 0 Å². The number of ether oxygens (including phenoxy) is 1. The van der Waals surface area contributed by atoms with Crippen LogP contribution in [0.25, 0.3) is 0 Å². The third-order valence-electron chi connectivity index (χ3n) is 2.44. The first-order valence-corrected chi connectivity index (χ1v) is 5.33. The van der Waals surface area contributed by atoms with Crippen molar-refractivity contribution in [2.24, 2.45) is 0 Å². The van der Waals surface area contributed by atoms with Gasteiger partial charge in [0.15, 0.2) is 0 Å². The Morgan fingerprint density at radius 3 is 2.29 bits per heavy atom. The van der Waals surface area contributed by atoms with Crippen molar-refractivity contribution >= 4 is 0 Å². The van der Waals surface area contributed by atoms with E-state index in [4.69, 9.17) is 4.74 Å². The zero-order valence-corrected chi connectivity index (χ0v) is 9.97. The minimum atomic E-state index is -0.734. The molecule has 84 valence electrons. The molecule has 2 heteroatoms. The molecule has 0 rings (SSSR count). The van der Waals surface area contributed by atoms with Gasteiger partial charge < -0.3 is 9.84 Å². The molecule has 0 aliphatic heterocycles. The van der Waals surface area contributed by atoms with Crippen molar-refractivity contribution in [2.75, 3.05) is 6.61 Å². The summed E-state index contributed by atoms with van der Waals surface area (Å²) in [6.45, 7) is 12.3. The van der Waals surface area contributed by atoms with Crippen LogP contribution in [0, 0.1) is 0 Å². The zero-order valence-electron chi connectivity index (χ0n) is 9.97. The van der Waals surface area contributed by atoms with Crippen LogP contribution in [0.4, 0.5) is 0 Å². The lowest BCUT2D eigenvalue weighted by Crippen LogP contribution is -2.26. The molecule has 0 aliphatic carbocycles. The Balaban J connectivity index is 3.78. The van der Waals surface area contributed by atoms with Gasteiger partial charge in [0.25, 0.3) is 0 Å². The molecule has 0 saturated heterocycles. The summed E-state index contributed by atoms with van der Waals surface area (Å²) in [7, 11) is 0. The standard InChI is InChI=1S/C12H24O2/c1-6-12(5,13)10-8-9-11(3,4)14-7-2/h6,13H,1,7-10H2,2-5H3. The van der Waals surface area contributed by atoms with Crippen LogP contribution >= 0.6 is 0 Å². The molecule has 0 bridgehead atoms. The molecule has 1 unspecified atom stereocenters. The third-order valence-corrected chi connectivity index (χ3v) is 2.44. The van der Waals surface area contributed by atoms with Gasteiger partial charge in [-0.05, 0) is 47.0 Å². The maximum Gasteiger partial charge on any atom is 0.0797 e. The lowest BCUT2D eigenvalue weighted by molar-refractivity contribution is -0.0212. The van der Waals surface area contributed by atoms with E-state index in [0.29, 0.717) is 0 Å². The van der Waals surface area contributed by atoms with Gasteiger partial charge in [0, 0.05) is 6.61 Å². The molecular weight excluding hydrogens is 176 g/mol. The second kappa shape index (κ2) is 5.52. The fourth-order valence-electron chi connectivity index (χ4n) is 1.44. The van der Waals surface area contributed by atoms with Crippen molar-refractivity contribution in [3.8, 4) is 0 Å². The van der Waals surface area contributed by atoms with E-state index in [1.165, 1.54) is 0 Å². The lowest BCUT2D eigenvalue weighted by Gasteiger charge is -2.26. The maximum atomic E-state index is 9.69. The molecule has 14 heavy (non-hydrogen) atoms.